The van der Waals surface area contributed by atoms with Crippen LogP contribution in [0.2, 0.25) is 0 Å². The summed E-state index contributed by atoms with van der Waals surface area (Å²) in [6.07, 6.45) is 0. The minimum absolute atomic E-state index is 0.0367. The lowest BCUT2D eigenvalue weighted by Crippen LogP contribution is -2.54. The number of nitrogens with two attached hydrogens (primary N) is 1. The van der Waals surface area contributed by atoms with Crippen molar-refractivity contribution in [2.45, 2.75) is 31.6 Å². The zero-order valence-corrected chi connectivity index (χ0v) is 13.3. The summed E-state index contributed by atoms with van der Waals surface area (Å²) in [5.41, 5.74) is 6.28. The molecule has 110 valence electrons. The Morgan fingerprint density at radius 1 is 1.40 bits per heavy atom. The number of carbonyl (C=O) groups is 1. The van der Waals surface area contributed by atoms with E-state index >= 15 is 0 Å². The van der Waals surface area contributed by atoms with Crippen molar-refractivity contribution < 1.29 is 4.79 Å². The molecule has 2 unspecified atom stereocenters. The van der Waals surface area contributed by atoms with E-state index in [1.165, 1.54) is 0 Å². The SMILES string of the molecule is CC(C)C1CN(C(=O)C(C)(N)c2ccccc2)CCS1. The van der Waals surface area contributed by atoms with Crippen LogP contribution in [0.4, 0.5) is 0 Å². The van der Waals surface area contributed by atoms with Gasteiger partial charge in [-0.05, 0) is 18.4 Å². The second-order valence-corrected chi connectivity index (χ2v) is 7.32. The summed E-state index contributed by atoms with van der Waals surface area (Å²) in [5, 5.41) is 0.513. The van der Waals surface area contributed by atoms with E-state index in [0.717, 1.165) is 24.4 Å². The van der Waals surface area contributed by atoms with Crippen molar-refractivity contribution in [2.75, 3.05) is 18.8 Å². The largest absolute Gasteiger partial charge is 0.339 e. The van der Waals surface area contributed by atoms with Gasteiger partial charge in [0.1, 0.15) is 5.54 Å². The Morgan fingerprint density at radius 2 is 2.05 bits per heavy atom. The first kappa shape index (κ1) is 15.4. The van der Waals surface area contributed by atoms with Crippen LogP contribution in [0.25, 0.3) is 0 Å². The molecule has 0 saturated carbocycles. The third-order valence-electron chi connectivity index (χ3n) is 3.94. The predicted octanol–water partition coefficient (Wildman–Crippen LogP) is 2.46. The Bertz CT molecular complexity index is 459. The van der Waals surface area contributed by atoms with Crippen LogP contribution in [0.3, 0.4) is 0 Å². The number of nitrogens with zero attached hydrogens (tertiary/aromatic N) is 1. The maximum absolute atomic E-state index is 12.8. The van der Waals surface area contributed by atoms with Crippen molar-refractivity contribution >= 4 is 17.7 Å². The summed E-state index contributed by atoms with van der Waals surface area (Å²) < 4.78 is 0. The van der Waals surface area contributed by atoms with E-state index in [1.54, 1.807) is 0 Å². The topological polar surface area (TPSA) is 46.3 Å². The van der Waals surface area contributed by atoms with E-state index in [1.807, 2.05) is 53.9 Å². The van der Waals surface area contributed by atoms with E-state index < -0.39 is 5.54 Å². The summed E-state index contributed by atoms with van der Waals surface area (Å²) in [6, 6.07) is 9.65. The van der Waals surface area contributed by atoms with E-state index in [4.69, 9.17) is 5.73 Å². The molecule has 1 aromatic rings. The third kappa shape index (κ3) is 3.18. The fourth-order valence-electron chi connectivity index (χ4n) is 2.50. The molecule has 1 aromatic carbocycles. The molecule has 2 atom stereocenters. The Morgan fingerprint density at radius 3 is 2.65 bits per heavy atom. The summed E-state index contributed by atoms with van der Waals surface area (Å²) in [4.78, 5) is 14.7. The molecule has 1 fully saturated rings. The molecule has 0 spiro atoms. The van der Waals surface area contributed by atoms with Crippen LogP contribution in [0.15, 0.2) is 30.3 Å². The lowest BCUT2D eigenvalue weighted by atomic mass is 9.91. The van der Waals surface area contributed by atoms with E-state index in [2.05, 4.69) is 13.8 Å². The second kappa shape index (κ2) is 6.19. The molecule has 1 heterocycles. The predicted molar refractivity (Wildman–Crippen MR) is 85.6 cm³/mol. The van der Waals surface area contributed by atoms with E-state index in [0.29, 0.717) is 11.2 Å². The van der Waals surface area contributed by atoms with Gasteiger partial charge in [0.05, 0.1) is 0 Å². The molecule has 1 amide bonds. The minimum Gasteiger partial charge on any atom is -0.339 e. The molecule has 2 N–H and O–H groups in total. The van der Waals surface area contributed by atoms with E-state index in [-0.39, 0.29) is 5.91 Å². The fraction of sp³-hybridized carbons (Fsp3) is 0.562. The third-order valence-corrected chi connectivity index (χ3v) is 5.48. The zero-order chi connectivity index (χ0) is 14.8. The average Bonchev–Trinajstić information content (AvgIpc) is 2.47. The number of hydrogen-bond donors (Lipinski definition) is 1. The number of hydrogen-bond acceptors (Lipinski definition) is 3. The highest BCUT2D eigenvalue weighted by Crippen LogP contribution is 2.28. The molecule has 0 aromatic heterocycles. The van der Waals surface area contributed by atoms with Gasteiger partial charge in [0, 0.05) is 24.1 Å². The van der Waals surface area contributed by atoms with Crippen molar-refractivity contribution in [3.63, 3.8) is 0 Å². The van der Waals surface area contributed by atoms with E-state index in [9.17, 15) is 4.79 Å². The Hall–Kier alpha value is -1.00. The van der Waals surface area contributed by atoms with Crippen LogP contribution in [-0.4, -0.2) is 34.9 Å². The van der Waals surface area contributed by atoms with Gasteiger partial charge >= 0.3 is 0 Å². The van der Waals surface area contributed by atoms with Gasteiger partial charge in [-0.15, -0.1) is 0 Å². The highest BCUT2D eigenvalue weighted by atomic mass is 32.2. The summed E-state index contributed by atoms with van der Waals surface area (Å²) in [7, 11) is 0. The highest BCUT2D eigenvalue weighted by molar-refractivity contribution is 8.00. The standard InChI is InChI=1S/C16H24N2OS/c1-12(2)14-11-18(9-10-20-14)15(19)16(3,17)13-7-5-4-6-8-13/h4-8,12,14H,9-11,17H2,1-3H3. The molecule has 2 rings (SSSR count). The Kier molecular flexibility index (Phi) is 4.76. The van der Waals surface area contributed by atoms with Gasteiger partial charge in [-0.3, -0.25) is 4.79 Å². The second-order valence-electron chi connectivity index (χ2n) is 5.97. The van der Waals surface area contributed by atoms with Crippen LogP contribution in [0.1, 0.15) is 26.3 Å². The van der Waals surface area contributed by atoms with Gasteiger partial charge in [-0.25, -0.2) is 0 Å². The number of thioether (sulfide) groups is 1. The van der Waals surface area contributed by atoms with Gasteiger partial charge in [0.25, 0.3) is 0 Å². The first-order valence-electron chi connectivity index (χ1n) is 7.18. The normalized spacial score (nSPS) is 22.6. The molecular formula is C16H24N2OS. The van der Waals surface area contributed by atoms with Crippen molar-refractivity contribution in [3.05, 3.63) is 35.9 Å². The van der Waals surface area contributed by atoms with Gasteiger partial charge in [0.15, 0.2) is 0 Å². The highest BCUT2D eigenvalue weighted by Gasteiger charge is 2.37. The lowest BCUT2D eigenvalue weighted by Gasteiger charge is -2.38. The van der Waals surface area contributed by atoms with Crippen molar-refractivity contribution in [1.29, 1.82) is 0 Å². The van der Waals surface area contributed by atoms with Crippen LogP contribution in [0, 0.1) is 5.92 Å². The Labute approximate surface area is 125 Å². The van der Waals surface area contributed by atoms with Crippen molar-refractivity contribution in [2.24, 2.45) is 11.7 Å². The lowest BCUT2D eigenvalue weighted by molar-refractivity contribution is -0.136. The molecule has 1 aliphatic heterocycles. The molecule has 3 nitrogen and oxygen atoms in total. The van der Waals surface area contributed by atoms with Gasteiger partial charge in [0.2, 0.25) is 5.91 Å². The maximum atomic E-state index is 12.8. The molecule has 20 heavy (non-hydrogen) atoms. The monoisotopic (exact) mass is 292 g/mol. The number of benzene rings is 1. The summed E-state index contributed by atoms with van der Waals surface area (Å²) >= 11 is 1.96. The molecule has 0 aliphatic carbocycles. The van der Waals surface area contributed by atoms with Crippen LogP contribution >= 0.6 is 11.8 Å². The van der Waals surface area contributed by atoms with Gasteiger partial charge in [-0.2, -0.15) is 11.8 Å². The first-order chi connectivity index (χ1) is 9.43. The fourth-order valence-corrected chi connectivity index (χ4v) is 3.80. The molecule has 1 saturated heterocycles. The molecule has 1 aliphatic rings. The zero-order valence-electron chi connectivity index (χ0n) is 12.5. The van der Waals surface area contributed by atoms with Crippen molar-refractivity contribution in [1.82, 2.24) is 4.90 Å². The maximum Gasteiger partial charge on any atom is 0.247 e. The molecule has 0 bridgehead atoms. The first-order valence-corrected chi connectivity index (χ1v) is 8.23. The van der Waals surface area contributed by atoms with Crippen molar-refractivity contribution in [3.8, 4) is 0 Å². The van der Waals surface area contributed by atoms with Gasteiger partial charge < -0.3 is 10.6 Å². The average molecular weight is 292 g/mol. The smallest absolute Gasteiger partial charge is 0.247 e. The summed E-state index contributed by atoms with van der Waals surface area (Å²) in [6.45, 7) is 7.85. The van der Waals surface area contributed by atoms with Crippen LogP contribution in [-0.2, 0) is 10.3 Å². The number of carbonyl (C=O) groups excluding carboxylic acids is 1. The van der Waals surface area contributed by atoms with Crippen LogP contribution in [0.5, 0.6) is 0 Å². The number of rotatable bonds is 3. The van der Waals surface area contributed by atoms with Crippen LogP contribution < -0.4 is 5.73 Å². The molecule has 4 heteroatoms. The molecular weight excluding hydrogens is 268 g/mol. The summed E-state index contributed by atoms with van der Waals surface area (Å²) in [5.74, 6) is 1.62. The Balaban J connectivity index is 2.14. The minimum atomic E-state index is -0.940. The number of amides is 1. The molecule has 0 radical (unpaired) electrons. The van der Waals surface area contributed by atoms with Gasteiger partial charge in [-0.1, -0.05) is 44.2 Å². The quantitative estimate of drug-likeness (QED) is 0.931.